The van der Waals surface area contributed by atoms with Gasteiger partial charge in [-0.25, -0.2) is 0 Å². The lowest BCUT2D eigenvalue weighted by Gasteiger charge is -2.32. The smallest absolute Gasteiger partial charge is 0.312 e. The number of rotatable bonds is 4. The number of hydrogen-bond donors (Lipinski definition) is 2. The van der Waals surface area contributed by atoms with Crippen LogP contribution in [0, 0.1) is 0 Å². The van der Waals surface area contributed by atoms with Crippen LogP contribution in [0.2, 0.25) is 0 Å². The Bertz CT molecular complexity index is 514. The maximum absolute atomic E-state index is 11.8. The van der Waals surface area contributed by atoms with Crippen molar-refractivity contribution in [3.63, 3.8) is 0 Å². The summed E-state index contributed by atoms with van der Waals surface area (Å²) in [7, 11) is 0. The van der Waals surface area contributed by atoms with Gasteiger partial charge in [-0.1, -0.05) is 24.3 Å². The van der Waals surface area contributed by atoms with Crippen molar-refractivity contribution in [3.05, 3.63) is 35.4 Å². The van der Waals surface area contributed by atoms with Crippen LogP contribution in [0.1, 0.15) is 30.9 Å². The molecule has 2 rings (SSSR count). The van der Waals surface area contributed by atoms with Crippen LogP contribution in [0.3, 0.4) is 0 Å². The average Bonchev–Trinajstić information content (AvgIpc) is 2.36. The molecule has 1 aromatic carbocycles. The summed E-state index contributed by atoms with van der Waals surface area (Å²) in [6, 6.07) is 7.64. The topological polar surface area (TPSA) is 69.6 Å². The van der Waals surface area contributed by atoms with Gasteiger partial charge >= 0.3 is 5.97 Å². The molecular weight excluding hydrogens is 256 g/mol. The second-order valence-electron chi connectivity index (χ2n) is 5.48. The highest BCUT2D eigenvalue weighted by Crippen LogP contribution is 2.28. The minimum atomic E-state index is -0.841. The second-order valence-corrected chi connectivity index (χ2v) is 5.48. The number of carbonyl (C=O) groups excluding carboxylic acids is 1. The first kappa shape index (κ1) is 14.5. The lowest BCUT2D eigenvalue weighted by Crippen LogP contribution is -2.44. The summed E-state index contributed by atoms with van der Waals surface area (Å²) < 4.78 is 0. The lowest BCUT2D eigenvalue weighted by atomic mass is 9.90. The molecule has 0 aliphatic carbocycles. The molecule has 1 amide bonds. The van der Waals surface area contributed by atoms with Gasteiger partial charge in [0.25, 0.3) is 0 Å². The highest BCUT2D eigenvalue weighted by Gasteiger charge is 2.30. The predicted molar refractivity (Wildman–Crippen MR) is 75.4 cm³/mol. The largest absolute Gasteiger partial charge is 0.481 e. The minimum absolute atomic E-state index is 0.0662. The molecule has 0 saturated heterocycles. The van der Waals surface area contributed by atoms with Crippen LogP contribution < -0.4 is 5.32 Å². The van der Waals surface area contributed by atoms with Crippen molar-refractivity contribution in [2.75, 3.05) is 13.1 Å². The Labute approximate surface area is 118 Å². The van der Waals surface area contributed by atoms with E-state index >= 15 is 0 Å². The molecule has 0 fully saturated rings. The average molecular weight is 276 g/mol. The summed E-state index contributed by atoms with van der Waals surface area (Å²) in [5.41, 5.74) is 1.85. The zero-order valence-electron chi connectivity index (χ0n) is 11.8. The first-order chi connectivity index (χ1) is 9.47. The first-order valence-electron chi connectivity index (χ1n) is 6.79. The molecule has 1 heterocycles. The van der Waals surface area contributed by atoms with E-state index in [2.05, 4.69) is 5.32 Å². The molecule has 0 radical (unpaired) electrons. The van der Waals surface area contributed by atoms with E-state index in [1.54, 1.807) is 0 Å². The van der Waals surface area contributed by atoms with Crippen LogP contribution in [-0.4, -0.2) is 41.0 Å². The molecule has 0 spiro atoms. The summed E-state index contributed by atoms with van der Waals surface area (Å²) in [6.45, 7) is 5.03. The van der Waals surface area contributed by atoms with E-state index in [1.807, 2.05) is 43.0 Å². The summed E-state index contributed by atoms with van der Waals surface area (Å²) in [5.74, 6) is -1.47. The standard InChI is InChI=1S/C15H20N2O3/c1-10(2)16-14(18)9-17-7-11-5-3-4-6-12(11)13(8-17)15(19)20/h3-6,10,13H,7-9H2,1-2H3,(H,16,18)(H,19,20). The molecule has 1 unspecified atom stereocenters. The van der Waals surface area contributed by atoms with Gasteiger partial charge < -0.3 is 10.4 Å². The van der Waals surface area contributed by atoms with E-state index in [0.717, 1.165) is 11.1 Å². The fraction of sp³-hybridized carbons (Fsp3) is 0.467. The third-order valence-electron chi connectivity index (χ3n) is 3.38. The molecular formula is C15H20N2O3. The number of benzene rings is 1. The molecule has 0 bridgehead atoms. The number of aliphatic carboxylic acids is 1. The molecule has 20 heavy (non-hydrogen) atoms. The molecule has 0 aromatic heterocycles. The summed E-state index contributed by atoms with van der Waals surface area (Å²) in [4.78, 5) is 25.1. The Hall–Kier alpha value is -1.88. The fourth-order valence-corrected chi connectivity index (χ4v) is 2.58. The highest BCUT2D eigenvalue weighted by atomic mass is 16.4. The van der Waals surface area contributed by atoms with Gasteiger partial charge in [-0.2, -0.15) is 0 Å². The van der Waals surface area contributed by atoms with E-state index in [0.29, 0.717) is 13.1 Å². The monoisotopic (exact) mass is 276 g/mol. The summed E-state index contributed by atoms with van der Waals surface area (Å²) >= 11 is 0. The highest BCUT2D eigenvalue weighted by molar-refractivity contribution is 5.79. The Balaban J connectivity index is 2.12. The van der Waals surface area contributed by atoms with Crippen molar-refractivity contribution in [2.45, 2.75) is 32.4 Å². The number of hydrogen-bond acceptors (Lipinski definition) is 3. The Kier molecular flexibility index (Phi) is 4.39. The second kappa shape index (κ2) is 6.05. The zero-order valence-corrected chi connectivity index (χ0v) is 11.8. The third kappa shape index (κ3) is 3.36. The van der Waals surface area contributed by atoms with E-state index < -0.39 is 11.9 Å². The van der Waals surface area contributed by atoms with Crippen molar-refractivity contribution in [3.8, 4) is 0 Å². The van der Waals surface area contributed by atoms with E-state index in [4.69, 9.17) is 0 Å². The van der Waals surface area contributed by atoms with Crippen molar-refractivity contribution in [1.29, 1.82) is 0 Å². The van der Waals surface area contributed by atoms with Crippen molar-refractivity contribution >= 4 is 11.9 Å². The SMILES string of the molecule is CC(C)NC(=O)CN1Cc2ccccc2C(C(=O)O)C1. The lowest BCUT2D eigenvalue weighted by molar-refractivity contribution is -0.140. The maximum atomic E-state index is 11.8. The Morgan fingerprint density at radius 2 is 2.10 bits per heavy atom. The number of amides is 1. The molecule has 1 aliphatic heterocycles. The molecule has 5 nitrogen and oxygen atoms in total. The van der Waals surface area contributed by atoms with Crippen molar-refractivity contribution < 1.29 is 14.7 Å². The van der Waals surface area contributed by atoms with Crippen LogP contribution in [-0.2, 0) is 16.1 Å². The van der Waals surface area contributed by atoms with Crippen LogP contribution in [0.4, 0.5) is 0 Å². The van der Waals surface area contributed by atoms with Crippen LogP contribution in [0.15, 0.2) is 24.3 Å². The van der Waals surface area contributed by atoms with Gasteiger partial charge in [0.15, 0.2) is 0 Å². The summed E-state index contributed by atoms with van der Waals surface area (Å²) in [5, 5.41) is 12.2. The molecule has 1 aliphatic rings. The van der Waals surface area contributed by atoms with Gasteiger partial charge in [0.2, 0.25) is 5.91 Å². The zero-order chi connectivity index (χ0) is 14.7. The number of fused-ring (bicyclic) bond motifs is 1. The summed E-state index contributed by atoms with van der Waals surface area (Å²) in [6.07, 6.45) is 0. The Morgan fingerprint density at radius 1 is 1.40 bits per heavy atom. The van der Waals surface area contributed by atoms with Gasteiger partial charge in [-0.15, -0.1) is 0 Å². The fourth-order valence-electron chi connectivity index (χ4n) is 2.58. The van der Waals surface area contributed by atoms with Gasteiger partial charge in [0.1, 0.15) is 0 Å². The molecule has 108 valence electrons. The number of nitrogens with zero attached hydrogens (tertiary/aromatic N) is 1. The first-order valence-corrected chi connectivity index (χ1v) is 6.79. The van der Waals surface area contributed by atoms with Gasteiger partial charge in [0.05, 0.1) is 12.5 Å². The Morgan fingerprint density at radius 3 is 2.75 bits per heavy atom. The van der Waals surface area contributed by atoms with Crippen molar-refractivity contribution in [1.82, 2.24) is 10.2 Å². The number of carboxylic acids is 1. The van der Waals surface area contributed by atoms with Gasteiger partial charge in [0, 0.05) is 19.1 Å². The molecule has 5 heteroatoms. The van der Waals surface area contributed by atoms with Crippen LogP contribution >= 0.6 is 0 Å². The van der Waals surface area contributed by atoms with Crippen LogP contribution in [0.5, 0.6) is 0 Å². The predicted octanol–water partition coefficient (Wildman–Crippen LogP) is 1.19. The molecule has 1 aromatic rings. The van der Waals surface area contributed by atoms with E-state index in [1.165, 1.54) is 0 Å². The molecule has 0 saturated carbocycles. The normalized spacial score (nSPS) is 18.6. The molecule has 2 N–H and O–H groups in total. The van der Waals surface area contributed by atoms with Crippen molar-refractivity contribution in [2.24, 2.45) is 0 Å². The quantitative estimate of drug-likeness (QED) is 0.867. The third-order valence-corrected chi connectivity index (χ3v) is 3.38. The van der Waals surface area contributed by atoms with E-state index in [-0.39, 0.29) is 18.5 Å². The van der Waals surface area contributed by atoms with Gasteiger partial charge in [-0.05, 0) is 25.0 Å². The number of nitrogens with one attached hydrogen (secondary N) is 1. The van der Waals surface area contributed by atoms with Gasteiger partial charge in [-0.3, -0.25) is 14.5 Å². The maximum Gasteiger partial charge on any atom is 0.312 e. The number of carbonyl (C=O) groups is 2. The number of carboxylic acid groups (broad SMARTS) is 1. The van der Waals surface area contributed by atoms with Crippen LogP contribution in [0.25, 0.3) is 0 Å². The molecule has 1 atom stereocenters. The minimum Gasteiger partial charge on any atom is -0.481 e. The van der Waals surface area contributed by atoms with E-state index in [9.17, 15) is 14.7 Å².